The van der Waals surface area contributed by atoms with E-state index in [2.05, 4.69) is 5.32 Å². The number of imide groups is 1. The lowest BCUT2D eigenvalue weighted by Crippen LogP contribution is -2.33. The van der Waals surface area contributed by atoms with E-state index in [9.17, 15) is 24.0 Å². The fraction of sp³-hybridized carbons (Fsp3) is 0.242. The standard InChI is InChI=1S/C33H30N4O6S2/c1-4-43-32(41)20-12-16-23(17-13-20)37-29(39)26-25(19-10-14-22(15-11-19)35(2)3)28-31(44-27(26)30(37)40)36(33(42)45-28)18-24(38)34-21-8-6-5-7-9-21/h5-17,25-27H,4,18H2,1-3H3,(H,34,38)/t25-,26-,27+/m0/s1. The van der Waals surface area contributed by atoms with Crippen LogP contribution in [0.15, 0.2) is 88.7 Å². The van der Waals surface area contributed by atoms with Crippen molar-refractivity contribution < 1.29 is 23.9 Å². The van der Waals surface area contributed by atoms with Gasteiger partial charge in [0.1, 0.15) is 11.8 Å². The molecule has 0 unspecified atom stereocenters. The van der Waals surface area contributed by atoms with Crippen molar-refractivity contribution >= 4 is 63.9 Å². The van der Waals surface area contributed by atoms with E-state index >= 15 is 0 Å². The van der Waals surface area contributed by atoms with Gasteiger partial charge >= 0.3 is 10.8 Å². The van der Waals surface area contributed by atoms with Crippen LogP contribution in [-0.2, 0) is 25.7 Å². The topological polar surface area (TPSA) is 118 Å². The van der Waals surface area contributed by atoms with E-state index in [1.165, 1.54) is 21.6 Å². The molecule has 0 radical (unpaired) electrons. The van der Waals surface area contributed by atoms with Gasteiger partial charge in [-0.05, 0) is 61.0 Å². The number of anilines is 3. The molecule has 0 aliphatic carbocycles. The second kappa shape index (κ2) is 12.4. The molecule has 10 nitrogen and oxygen atoms in total. The number of benzene rings is 3. The Hall–Kier alpha value is -4.68. The van der Waals surface area contributed by atoms with Gasteiger partial charge in [0, 0.05) is 36.3 Å². The van der Waals surface area contributed by atoms with E-state index in [0.717, 1.165) is 34.3 Å². The van der Waals surface area contributed by atoms with Crippen LogP contribution >= 0.6 is 23.1 Å². The molecule has 45 heavy (non-hydrogen) atoms. The van der Waals surface area contributed by atoms with Gasteiger partial charge in [-0.1, -0.05) is 53.4 Å². The summed E-state index contributed by atoms with van der Waals surface area (Å²) in [6.07, 6.45) is 0. The molecule has 0 saturated carbocycles. The molecule has 3 heterocycles. The largest absolute Gasteiger partial charge is 0.462 e. The summed E-state index contributed by atoms with van der Waals surface area (Å²) in [5.41, 5.74) is 3.01. The lowest BCUT2D eigenvalue weighted by molar-refractivity contribution is -0.122. The van der Waals surface area contributed by atoms with Crippen LogP contribution in [0.2, 0.25) is 0 Å². The molecule has 6 rings (SSSR count). The first-order valence-electron chi connectivity index (χ1n) is 14.3. The number of nitrogens with zero attached hydrogens (tertiary/aromatic N) is 3. The molecule has 2 aliphatic heterocycles. The number of esters is 1. The van der Waals surface area contributed by atoms with Crippen molar-refractivity contribution in [3.05, 3.63) is 105 Å². The normalized spacial score (nSPS) is 18.7. The van der Waals surface area contributed by atoms with Gasteiger partial charge in [0.15, 0.2) is 0 Å². The summed E-state index contributed by atoms with van der Waals surface area (Å²) in [5, 5.41) is 2.50. The predicted octanol–water partition coefficient (Wildman–Crippen LogP) is 4.59. The molecule has 230 valence electrons. The maximum atomic E-state index is 14.2. The van der Waals surface area contributed by atoms with Crippen LogP contribution < -0.4 is 20.0 Å². The number of para-hydroxylation sites is 1. The van der Waals surface area contributed by atoms with Crippen molar-refractivity contribution in [2.24, 2.45) is 5.92 Å². The Labute approximate surface area is 267 Å². The number of nitrogens with one attached hydrogen (secondary N) is 1. The van der Waals surface area contributed by atoms with Crippen molar-refractivity contribution in [1.82, 2.24) is 4.57 Å². The molecule has 3 amide bonds. The molecular formula is C33H30N4O6S2. The van der Waals surface area contributed by atoms with Crippen LogP contribution in [-0.4, -0.2) is 54.2 Å². The van der Waals surface area contributed by atoms with Crippen molar-refractivity contribution in [3.63, 3.8) is 0 Å². The van der Waals surface area contributed by atoms with E-state index in [0.29, 0.717) is 26.8 Å². The number of rotatable bonds is 8. The first-order valence-corrected chi connectivity index (χ1v) is 16.0. The van der Waals surface area contributed by atoms with E-state index in [1.54, 1.807) is 43.3 Å². The Bertz CT molecular complexity index is 1830. The Balaban J connectivity index is 1.39. The van der Waals surface area contributed by atoms with Gasteiger partial charge in [-0.3, -0.25) is 23.7 Å². The number of hydrogen-bond acceptors (Lipinski definition) is 9. The Morgan fingerprint density at radius 3 is 2.24 bits per heavy atom. The maximum Gasteiger partial charge on any atom is 0.338 e. The number of thiazole rings is 1. The van der Waals surface area contributed by atoms with Crippen LogP contribution in [0.3, 0.4) is 0 Å². The van der Waals surface area contributed by atoms with Crippen molar-refractivity contribution in [2.45, 2.75) is 29.7 Å². The maximum absolute atomic E-state index is 14.2. The molecular weight excluding hydrogens is 613 g/mol. The molecule has 3 atom stereocenters. The van der Waals surface area contributed by atoms with Crippen LogP contribution in [0.4, 0.5) is 17.1 Å². The van der Waals surface area contributed by atoms with Crippen molar-refractivity contribution in [2.75, 3.05) is 35.8 Å². The third-order valence-electron chi connectivity index (χ3n) is 7.81. The zero-order valence-electron chi connectivity index (χ0n) is 24.8. The fourth-order valence-corrected chi connectivity index (χ4v) is 8.45. The van der Waals surface area contributed by atoms with Crippen molar-refractivity contribution in [3.8, 4) is 0 Å². The van der Waals surface area contributed by atoms with E-state index in [1.807, 2.05) is 49.3 Å². The molecule has 0 spiro atoms. The molecule has 1 saturated heterocycles. The average molecular weight is 643 g/mol. The SMILES string of the molecule is CCOC(=O)c1ccc(N2C(=O)[C@H]3[C@H](c4ccc(N(C)C)cc4)c4sc(=O)n(CC(=O)Nc5ccccc5)c4S[C@H]3C2=O)cc1. The lowest BCUT2D eigenvalue weighted by atomic mass is 9.83. The monoisotopic (exact) mass is 642 g/mol. The van der Waals surface area contributed by atoms with Crippen LogP contribution in [0.1, 0.15) is 33.6 Å². The third-order valence-corrected chi connectivity index (χ3v) is 10.4. The molecule has 2 aliphatic rings. The minimum Gasteiger partial charge on any atom is -0.462 e. The minimum absolute atomic E-state index is 0.226. The first kappa shape index (κ1) is 30.4. The van der Waals surface area contributed by atoms with E-state index in [4.69, 9.17) is 4.74 Å². The smallest absolute Gasteiger partial charge is 0.338 e. The minimum atomic E-state index is -0.828. The average Bonchev–Trinajstić information content (AvgIpc) is 3.47. The molecule has 3 aromatic carbocycles. The first-order chi connectivity index (χ1) is 21.7. The number of carbonyl (C=O) groups excluding carboxylic acids is 4. The van der Waals surface area contributed by atoms with Gasteiger partial charge in [-0.25, -0.2) is 9.69 Å². The summed E-state index contributed by atoms with van der Waals surface area (Å²) in [6, 6.07) is 22.8. The Kier molecular flexibility index (Phi) is 8.34. The summed E-state index contributed by atoms with van der Waals surface area (Å²) in [7, 11) is 3.86. The van der Waals surface area contributed by atoms with Crippen LogP contribution in [0.25, 0.3) is 0 Å². The number of carbonyl (C=O) groups is 4. The Morgan fingerprint density at radius 2 is 1.60 bits per heavy atom. The number of aromatic nitrogens is 1. The highest BCUT2D eigenvalue weighted by atomic mass is 32.2. The molecule has 1 aromatic heterocycles. The quantitative estimate of drug-likeness (QED) is 0.219. The molecule has 1 fully saturated rings. The fourth-order valence-electron chi connectivity index (χ4n) is 5.68. The molecule has 12 heteroatoms. The van der Waals surface area contributed by atoms with Gasteiger partial charge in [0.25, 0.3) is 0 Å². The Morgan fingerprint density at radius 1 is 0.911 bits per heavy atom. The zero-order valence-corrected chi connectivity index (χ0v) is 26.4. The highest BCUT2D eigenvalue weighted by molar-refractivity contribution is 8.00. The third kappa shape index (κ3) is 5.67. The highest BCUT2D eigenvalue weighted by Crippen LogP contribution is 2.54. The van der Waals surface area contributed by atoms with Crippen LogP contribution in [0.5, 0.6) is 0 Å². The number of ether oxygens (including phenoxy) is 1. The van der Waals surface area contributed by atoms with Gasteiger partial charge in [0.05, 0.1) is 28.8 Å². The van der Waals surface area contributed by atoms with Gasteiger partial charge in [-0.2, -0.15) is 0 Å². The summed E-state index contributed by atoms with van der Waals surface area (Å²) >= 11 is 2.15. The predicted molar refractivity (Wildman–Crippen MR) is 174 cm³/mol. The summed E-state index contributed by atoms with van der Waals surface area (Å²) < 4.78 is 6.46. The number of hydrogen-bond donors (Lipinski definition) is 1. The summed E-state index contributed by atoms with van der Waals surface area (Å²) in [4.78, 5) is 70.2. The van der Waals surface area contributed by atoms with Gasteiger partial charge < -0.3 is 15.0 Å². The van der Waals surface area contributed by atoms with Gasteiger partial charge in [0.2, 0.25) is 17.7 Å². The van der Waals surface area contributed by atoms with E-state index in [-0.39, 0.29) is 29.8 Å². The molecule has 1 N–H and O–H groups in total. The summed E-state index contributed by atoms with van der Waals surface area (Å²) in [5.74, 6) is -3.04. The van der Waals surface area contributed by atoms with Crippen LogP contribution in [0, 0.1) is 5.92 Å². The number of amides is 3. The second-order valence-electron chi connectivity index (χ2n) is 10.8. The molecule has 0 bridgehead atoms. The van der Waals surface area contributed by atoms with Gasteiger partial charge in [-0.15, -0.1) is 0 Å². The summed E-state index contributed by atoms with van der Waals surface area (Å²) in [6.45, 7) is 1.70. The second-order valence-corrected chi connectivity index (χ2v) is 13.0. The lowest BCUT2D eigenvalue weighted by Gasteiger charge is -2.31. The highest BCUT2D eigenvalue weighted by Gasteiger charge is 2.56. The van der Waals surface area contributed by atoms with E-state index < -0.39 is 29.0 Å². The number of thioether (sulfide) groups is 1. The molecule has 4 aromatic rings. The van der Waals surface area contributed by atoms with Crippen molar-refractivity contribution in [1.29, 1.82) is 0 Å². The number of fused-ring (bicyclic) bond motifs is 2. The zero-order chi connectivity index (χ0) is 31.8.